The lowest BCUT2D eigenvalue weighted by atomic mass is 9.83. The van der Waals surface area contributed by atoms with Gasteiger partial charge < -0.3 is 15.0 Å². The van der Waals surface area contributed by atoms with Gasteiger partial charge in [0.2, 0.25) is 5.92 Å². The molecular formula is C32H48F2N2O. The van der Waals surface area contributed by atoms with Crippen molar-refractivity contribution in [1.29, 1.82) is 0 Å². The van der Waals surface area contributed by atoms with Gasteiger partial charge in [-0.1, -0.05) is 30.9 Å². The van der Waals surface area contributed by atoms with Crippen LogP contribution in [0.1, 0.15) is 94.6 Å². The molecule has 0 bridgehead atoms. The number of nitrogens with zero attached hydrogens (tertiary/aromatic N) is 1. The first-order valence-electron chi connectivity index (χ1n) is 14.8. The van der Waals surface area contributed by atoms with Crippen molar-refractivity contribution in [2.75, 3.05) is 26.2 Å². The molecule has 1 saturated heterocycles. The Balaban J connectivity index is 1.21. The summed E-state index contributed by atoms with van der Waals surface area (Å²) in [6.07, 6.45) is 13.0. The number of fused-ring (bicyclic) bond motifs is 1. The number of ether oxygens (including phenoxy) is 1. The summed E-state index contributed by atoms with van der Waals surface area (Å²) in [6, 6.07) is 7.12. The van der Waals surface area contributed by atoms with Gasteiger partial charge in [-0.3, -0.25) is 0 Å². The number of halogens is 2. The molecule has 1 aliphatic carbocycles. The Morgan fingerprint density at radius 3 is 2.51 bits per heavy atom. The van der Waals surface area contributed by atoms with Crippen molar-refractivity contribution in [2.24, 2.45) is 5.92 Å². The Bertz CT molecular complexity index is 881. The van der Waals surface area contributed by atoms with Crippen LogP contribution in [0.15, 0.2) is 42.6 Å². The summed E-state index contributed by atoms with van der Waals surface area (Å²) in [4.78, 5) is 2.58. The van der Waals surface area contributed by atoms with Crippen LogP contribution < -0.4 is 10.1 Å². The molecule has 2 aliphatic heterocycles. The molecule has 1 N–H and O–H groups in total. The molecule has 37 heavy (non-hydrogen) atoms. The first kappa shape index (κ1) is 28.1. The summed E-state index contributed by atoms with van der Waals surface area (Å²) in [5.74, 6) is -0.969. The van der Waals surface area contributed by atoms with E-state index in [2.05, 4.69) is 41.6 Å². The molecular weight excluding hydrogens is 466 g/mol. The molecule has 0 amide bonds. The van der Waals surface area contributed by atoms with E-state index >= 15 is 0 Å². The van der Waals surface area contributed by atoms with Crippen LogP contribution in [-0.2, 0) is 12.8 Å². The van der Waals surface area contributed by atoms with E-state index in [0.717, 1.165) is 82.4 Å². The smallest absolute Gasteiger partial charge is 0.248 e. The summed E-state index contributed by atoms with van der Waals surface area (Å²) < 4.78 is 33.2. The van der Waals surface area contributed by atoms with Crippen LogP contribution in [-0.4, -0.2) is 43.1 Å². The second kappa shape index (κ2) is 13.8. The number of likely N-dealkylation sites (tertiary alicyclic amines) is 1. The van der Waals surface area contributed by atoms with Crippen LogP contribution in [0.2, 0.25) is 0 Å². The van der Waals surface area contributed by atoms with E-state index in [4.69, 9.17) is 4.74 Å². The van der Waals surface area contributed by atoms with E-state index in [1.807, 2.05) is 0 Å². The number of aryl methyl sites for hydroxylation is 1. The van der Waals surface area contributed by atoms with Gasteiger partial charge in [0.15, 0.2) is 0 Å². The van der Waals surface area contributed by atoms with E-state index in [1.54, 1.807) is 0 Å². The normalized spacial score (nSPS) is 21.4. The molecule has 0 radical (unpaired) electrons. The predicted octanol–water partition coefficient (Wildman–Crippen LogP) is 7.84. The summed E-state index contributed by atoms with van der Waals surface area (Å²) in [7, 11) is 0. The quantitative estimate of drug-likeness (QED) is 0.227. The summed E-state index contributed by atoms with van der Waals surface area (Å²) in [6.45, 7) is 13.0. The largest absolute Gasteiger partial charge is 0.493 e. The zero-order valence-corrected chi connectivity index (χ0v) is 22.8. The van der Waals surface area contributed by atoms with Crippen molar-refractivity contribution in [3.63, 3.8) is 0 Å². The number of nitrogens with one attached hydrogen (secondary N) is 1. The monoisotopic (exact) mass is 514 g/mol. The molecule has 1 saturated carbocycles. The van der Waals surface area contributed by atoms with Gasteiger partial charge in [-0.25, -0.2) is 8.78 Å². The van der Waals surface area contributed by atoms with Crippen LogP contribution in [0.5, 0.6) is 5.75 Å². The number of rotatable bonds is 12. The summed E-state index contributed by atoms with van der Waals surface area (Å²) in [5.41, 5.74) is 5.06. The topological polar surface area (TPSA) is 24.5 Å². The Kier molecular flexibility index (Phi) is 10.5. The van der Waals surface area contributed by atoms with Gasteiger partial charge in [0.05, 0.1) is 6.61 Å². The first-order chi connectivity index (χ1) is 17.9. The number of alkyl halides is 2. The van der Waals surface area contributed by atoms with E-state index in [-0.39, 0.29) is 12.8 Å². The Labute approximate surface area is 223 Å². The third-order valence-corrected chi connectivity index (χ3v) is 8.54. The van der Waals surface area contributed by atoms with Gasteiger partial charge in [-0.05, 0) is 120 Å². The maximum Gasteiger partial charge on any atom is 0.248 e. The minimum absolute atomic E-state index is 0.0410. The summed E-state index contributed by atoms with van der Waals surface area (Å²) >= 11 is 0. The Hall–Kier alpha value is -1.88. The van der Waals surface area contributed by atoms with Crippen molar-refractivity contribution in [2.45, 2.75) is 108 Å². The van der Waals surface area contributed by atoms with Gasteiger partial charge in [0.25, 0.3) is 0 Å². The van der Waals surface area contributed by atoms with Crippen LogP contribution in [0.4, 0.5) is 8.78 Å². The molecule has 1 aromatic rings. The van der Waals surface area contributed by atoms with Crippen molar-refractivity contribution in [3.8, 4) is 5.75 Å². The fourth-order valence-corrected chi connectivity index (χ4v) is 6.38. The molecule has 1 atom stereocenters. The highest BCUT2D eigenvalue weighted by Gasteiger charge is 2.30. The number of unbranched alkanes of at least 4 members (excludes halogenated alkanes) is 1. The minimum atomic E-state index is -2.46. The third kappa shape index (κ3) is 9.12. The minimum Gasteiger partial charge on any atom is -0.493 e. The molecule has 3 aliphatic rings. The number of allylic oxidation sites excluding steroid dienone is 2. The fraction of sp³-hybridized carbons (Fsp3) is 0.688. The van der Waals surface area contributed by atoms with Gasteiger partial charge in [0.1, 0.15) is 5.75 Å². The third-order valence-electron chi connectivity index (χ3n) is 8.54. The van der Waals surface area contributed by atoms with Crippen molar-refractivity contribution in [3.05, 3.63) is 53.8 Å². The average molecular weight is 515 g/mol. The lowest BCUT2D eigenvalue weighted by Gasteiger charge is -2.27. The van der Waals surface area contributed by atoms with Crippen molar-refractivity contribution < 1.29 is 13.5 Å². The van der Waals surface area contributed by atoms with Crippen LogP contribution in [0.25, 0.3) is 0 Å². The highest BCUT2D eigenvalue weighted by atomic mass is 19.3. The second-order valence-corrected chi connectivity index (χ2v) is 11.8. The first-order valence-corrected chi connectivity index (χ1v) is 14.8. The molecule has 2 heterocycles. The lowest BCUT2D eigenvalue weighted by Crippen LogP contribution is -2.41. The molecule has 4 rings (SSSR count). The van der Waals surface area contributed by atoms with E-state index in [1.165, 1.54) is 42.6 Å². The Morgan fingerprint density at radius 1 is 1.03 bits per heavy atom. The van der Waals surface area contributed by atoms with Gasteiger partial charge >= 0.3 is 0 Å². The molecule has 3 nitrogen and oxygen atoms in total. The second-order valence-electron chi connectivity index (χ2n) is 11.8. The fourth-order valence-electron chi connectivity index (χ4n) is 6.38. The zero-order valence-electron chi connectivity index (χ0n) is 22.8. The van der Waals surface area contributed by atoms with Gasteiger partial charge in [-0.15, -0.1) is 0 Å². The van der Waals surface area contributed by atoms with Crippen molar-refractivity contribution in [1.82, 2.24) is 10.2 Å². The standard InChI is InChI=1S/C32H48F2N2O/c1-25(28-12-7-17-32(33,34)18-8-13-28)10-3-4-11-26(2)35-30(24-36-19-5-6-20-36)22-27-15-16-29-14-9-21-37-31(29)23-27/h15-16,23,28,30,35H,1-14,17-22,24H2. The average Bonchev–Trinajstić information content (AvgIpc) is 3.37. The molecule has 0 spiro atoms. The van der Waals surface area contributed by atoms with Crippen molar-refractivity contribution >= 4 is 0 Å². The van der Waals surface area contributed by atoms with Crippen LogP contribution in [0.3, 0.4) is 0 Å². The number of hydrogen-bond acceptors (Lipinski definition) is 3. The summed E-state index contributed by atoms with van der Waals surface area (Å²) in [5, 5.41) is 3.78. The zero-order chi connectivity index (χ0) is 26.1. The molecule has 0 aromatic heterocycles. The number of hydrogen-bond donors (Lipinski definition) is 1. The SMILES string of the molecule is C=C(CCCCC(=C)C1CCCC(F)(F)CCC1)NC(Cc1ccc2c(c1)OCCC2)CN1CCCC1. The van der Waals surface area contributed by atoms with E-state index in [9.17, 15) is 8.78 Å². The maximum absolute atomic E-state index is 13.6. The lowest BCUT2D eigenvalue weighted by molar-refractivity contribution is -0.0262. The molecule has 1 unspecified atom stereocenters. The molecule has 5 heteroatoms. The molecule has 2 fully saturated rings. The van der Waals surface area contributed by atoms with Crippen LogP contribution in [0, 0.1) is 5.92 Å². The van der Waals surface area contributed by atoms with E-state index < -0.39 is 5.92 Å². The Morgan fingerprint density at radius 2 is 1.76 bits per heavy atom. The van der Waals surface area contributed by atoms with Gasteiger partial charge in [0, 0.05) is 31.1 Å². The van der Waals surface area contributed by atoms with E-state index in [0.29, 0.717) is 24.8 Å². The van der Waals surface area contributed by atoms with Crippen LogP contribution >= 0.6 is 0 Å². The molecule has 206 valence electrons. The number of benzene rings is 1. The highest BCUT2D eigenvalue weighted by Crippen LogP contribution is 2.36. The van der Waals surface area contributed by atoms with Gasteiger partial charge in [-0.2, -0.15) is 0 Å². The maximum atomic E-state index is 13.6. The predicted molar refractivity (Wildman–Crippen MR) is 149 cm³/mol. The molecule has 1 aromatic carbocycles. The highest BCUT2D eigenvalue weighted by molar-refractivity contribution is 5.39.